The highest BCUT2D eigenvalue weighted by Crippen LogP contribution is 2.28. The Morgan fingerprint density at radius 3 is 2.87 bits per heavy atom. The molecule has 3 rings (SSSR count). The molecule has 1 fully saturated rings. The molecule has 1 N–H and O–H groups in total. The highest BCUT2D eigenvalue weighted by Gasteiger charge is 2.35. The van der Waals surface area contributed by atoms with E-state index in [-0.39, 0.29) is 0 Å². The van der Waals surface area contributed by atoms with Gasteiger partial charge in [0.05, 0.1) is 23.3 Å². The highest BCUT2D eigenvalue weighted by atomic mass is 16.5. The van der Waals surface area contributed by atoms with Gasteiger partial charge in [-0.1, -0.05) is 5.16 Å². The van der Waals surface area contributed by atoms with Crippen molar-refractivity contribution >= 4 is 5.82 Å². The second-order valence-electron chi connectivity index (χ2n) is 6.08. The molecule has 2 aromatic heterocycles. The Morgan fingerprint density at radius 1 is 1.39 bits per heavy atom. The van der Waals surface area contributed by atoms with Crippen molar-refractivity contribution < 1.29 is 9.63 Å². The van der Waals surface area contributed by atoms with Crippen LogP contribution >= 0.6 is 0 Å². The van der Waals surface area contributed by atoms with Crippen molar-refractivity contribution in [1.82, 2.24) is 15.1 Å². The third-order valence-electron chi connectivity index (χ3n) is 4.12. The molecule has 1 aliphatic rings. The van der Waals surface area contributed by atoms with E-state index in [2.05, 4.69) is 21.2 Å². The Bertz CT molecular complexity index is 751. The molecule has 23 heavy (non-hydrogen) atoms. The Balaban J connectivity index is 1.77. The topological polar surface area (TPSA) is 99.1 Å². The van der Waals surface area contributed by atoms with Crippen LogP contribution < -0.4 is 4.90 Å². The zero-order valence-corrected chi connectivity index (χ0v) is 13.3. The molecule has 0 amide bonds. The van der Waals surface area contributed by atoms with Crippen LogP contribution in [0.4, 0.5) is 5.82 Å². The van der Waals surface area contributed by atoms with Crippen LogP contribution in [0.5, 0.6) is 0 Å². The van der Waals surface area contributed by atoms with Gasteiger partial charge in [-0.25, -0.2) is 4.98 Å². The standard InChI is InChI=1S/C16H19N5O2/c1-11-13(9-17)4-5-14(18-11)21-7-3-6-16(22,10-21)8-15-19-12(2)20-23-15/h4-5,22H,3,6-8,10H2,1-2H3. The first kappa shape index (κ1) is 15.4. The quantitative estimate of drug-likeness (QED) is 0.917. The fraction of sp³-hybridized carbons (Fsp3) is 0.500. The van der Waals surface area contributed by atoms with Gasteiger partial charge in [0, 0.05) is 13.1 Å². The maximum Gasteiger partial charge on any atom is 0.229 e. The lowest BCUT2D eigenvalue weighted by atomic mass is 9.89. The fourth-order valence-electron chi connectivity index (χ4n) is 2.99. The number of β-amino-alcohol motifs (C(OH)–C–C–N with tert-alkyl or cyclic N) is 1. The van der Waals surface area contributed by atoms with E-state index in [1.807, 2.05) is 17.9 Å². The van der Waals surface area contributed by atoms with Crippen LogP contribution in [-0.4, -0.2) is 38.9 Å². The van der Waals surface area contributed by atoms with Crippen molar-refractivity contribution in [2.75, 3.05) is 18.0 Å². The summed E-state index contributed by atoms with van der Waals surface area (Å²) in [6.45, 7) is 4.85. The normalized spacial score (nSPS) is 21.2. The minimum absolute atomic E-state index is 0.333. The molecule has 1 unspecified atom stereocenters. The molecule has 1 atom stereocenters. The first-order valence-electron chi connectivity index (χ1n) is 7.63. The Morgan fingerprint density at radius 2 is 2.22 bits per heavy atom. The number of rotatable bonds is 3. The maximum atomic E-state index is 10.9. The monoisotopic (exact) mass is 313 g/mol. The Labute approximate surface area is 134 Å². The van der Waals surface area contributed by atoms with Gasteiger partial charge in [0.2, 0.25) is 5.89 Å². The van der Waals surface area contributed by atoms with Gasteiger partial charge in [0.25, 0.3) is 0 Å². The second-order valence-corrected chi connectivity index (χ2v) is 6.08. The van der Waals surface area contributed by atoms with Crippen LogP contribution in [-0.2, 0) is 6.42 Å². The molecule has 7 heteroatoms. The Hall–Kier alpha value is -2.46. The smallest absolute Gasteiger partial charge is 0.229 e. The van der Waals surface area contributed by atoms with Gasteiger partial charge in [0.15, 0.2) is 5.82 Å². The van der Waals surface area contributed by atoms with Crippen molar-refractivity contribution in [3.63, 3.8) is 0 Å². The third kappa shape index (κ3) is 3.32. The van der Waals surface area contributed by atoms with Gasteiger partial charge in [-0.15, -0.1) is 0 Å². The predicted octanol–water partition coefficient (Wildman–Crippen LogP) is 1.53. The molecule has 2 aromatic rings. The molecule has 0 spiro atoms. The summed E-state index contributed by atoms with van der Waals surface area (Å²) in [5.74, 6) is 1.80. The molecule has 0 aliphatic carbocycles. The van der Waals surface area contributed by atoms with Crippen molar-refractivity contribution in [1.29, 1.82) is 5.26 Å². The highest BCUT2D eigenvalue weighted by molar-refractivity contribution is 5.46. The lowest BCUT2D eigenvalue weighted by Gasteiger charge is -2.39. The van der Waals surface area contributed by atoms with Gasteiger partial charge in [-0.2, -0.15) is 10.2 Å². The Kier molecular flexibility index (Phi) is 4.01. The van der Waals surface area contributed by atoms with Crippen molar-refractivity contribution in [2.24, 2.45) is 0 Å². The number of aliphatic hydroxyl groups is 1. The summed E-state index contributed by atoms with van der Waals surface area (Å²) < 4.78 is 5.13. The van der Waals surface area contributed by atoms with Crippen LogP contribution in [0.1, 0.15) is 35.8 Å². The number of nitriles is 1. The molecule has 0 aromatic carbocycles. The van der Waals surface area contributed by atoms with Crippen LogP contribution in [0.25, 0.3) is 0 Å². The minimum Gasteiger partial charge on any atom is -0.388 e. The van der Waals surface area contributed by atoms with E-state index in [0.717, 1.165) is 18.8 Å². The number of hydrogen-bond acceptors (Lipinski definition) is 7. The van der Waals surface area contributed by atoms with Crippen LogP contribution in [0.15, 0.2) is 16.7 Å². The summed E-state index contributed by atoms with van der Waals surface area (Å²) in [7, 11) is 0. The maximum absolute atomic E-state index is 10.9. The molecule has 1 saturated heterocycles. The van der Waals surface area contributed by atoms with Crippen molar-refractivity contribution in [3.8, 4) is 6.07 Å². The molecular formula is C16H19N5O2. The lowest BCUT2D eigenvalue weighted by Crippen LogP contribution is -2.50. The summed E-state index contributed by atoms with van der Waals surface area (Å²) in [4.78, 5) is 10.7. The summed E-state index contributed by atoms with van der Waals surface area (Å²) >= 11 is 0. The third-order valence-corrected chi connectivity index (χ3v) is 4.12. The molecule has 3 heterocycles. The minimum atomic E-state index is -0.916. The number of pyridine rings is 1. The van der Waals surface area contributed by atoms with Gasteiger partial charge in [0.1, 0.15) is 11.9 Å². The van der Waals surface area contributed by atoms with E-state index < -0.39 is 5.60 Å². The predicted molar refractivity (Wildman–Crippen MR) is 82.8 cm³/mol. The number of nitrogens with zero attached hydrogens (tertiary/aromatic N) is 5. The van der Waals surface area contributed by atoms with E-state index in [1.54, 1.807) is 13.0 Å². The van der Waals surface area contributed by atoms with Crippen molar-refractivity contribution in [3.05, 3.63) is 35.1 Å². The van der Waals surface area contributed by atoms with Gasteiger partial charge in [-0.05, 0) is 38.8 Å². The zero-order valence-electron chi connectivity index (χ0n) is 13.3. The second kappa shape index (κ2) is 5.97. The molecule has 7 nitrogen and oxygen atoms in total. The van der Waals surface area contributed by atoms with Crippen molar-refractivity contribution in [2.45, 2.75) is 38.7 Å². The lowest BCUT2D eigenvalue weighted by molar-refractivity contribution is 0.0191. The largest absolute Gasteiger partial charge is 0.388 e. The zero-order chi connectivity index (χ0) is 16.4. The van der Waals surface area contributed by atoms with E-state index in [0.29, 0.717) is 42.4 Å². The summed E-state index contributed by atoms with van der Waals surface area (Å²) in [5, 5.41) is 23.7. The van der Waals surface area contributed by atoms with Crippen LogP contribution in [0.2, 0.25) is 0 Å². The first-order valence-corrected chi connectivity index (χ1v) is 7.63. The number of hydrogen-bond donors (Lipinski definition) is 1. The van der Waals surface area contributed by atoms with E-state index in [1.165, 1.54) is 0 Å². The number of piperidine rings is 1. The summed E-state index contributed by atoms with van der Waals surface area (Å²) in [6, 6.07) is 5.72. The molecule has 0 saturated carbocycles. The SMILES string of the molecule is Cc1noc(CC2(O)CCCN(c3ccc(C#N)c(C)n3)C2)n1. The molecular weight excluding hydrogens is 294 g/mol. The molecule has 0 radical (unpaired) electrons. The number of aryl methyl sites for hydroxylation is 2. The summed E-state index contributed by atoms with van der Waals surface area (Å²) in [5.41, 5.74) is 0.356. The van der Waals surface area contributed by atoms with Crippen LogP contribution in [0, 0.1) is 25.2 Å². The molecule has 0 bridgehead atoms. The van der Waals surface area contributed by atoms with E-state index in [4.69, 9.17) is 9.78 Å². The van der Waals surface area contributed by atoms with Gasteiger partial charge < -0.3 is 14.5 Å². The van der Waals surface area contributed by atoms with Crippen LogP contribution in [0.3, 0.4) is 0 Å². The average molecular weight is 313 g/mol. The molecule has 1 aliphatic heterocycles. The molecule has 120 valence electrons. The number of anilines is 1. The fourth-order valence-corrected chi connectivity index (χ4v) is 2.99. The van der Waals surface area contributed by atoms with E-state index in [9.17, 15) is 5.11 Å². The average Bonchev–Trinajstić information content (AvgIpc) is 2.91. The van der Waals surface area contributed by atoms with E-state index >= 15 is 0 Å². The summed E-state index contributed by atoms with van der Waals surface area (Å²) in [6.07, 6.45) is 1.87. The van der Waals surface area contributed by atoms with Gasteiger partial charge in [-0.3, -0.25) is 0 Å². The number of aromatic nitrogens is 3. The first-order chi connectivity index (χ1) is 11.0. The van der Waals surface area contributed by atoms with Gasteiger partial charge >= 0.3 is 0 Å².